The monoisotopic (exact) mass is 186 g/mol. The zero-order chi connectivity index (χ0) is 9.90. The first kappa shape index (κ1) is 10.1. The summed E-state index contributed by atoms with van der Waals surface area (Å²) in [5.74, 6) is 0. The van der Waals surface area contributed by atoms with E-state index in [1.54, 1.807) is 18.2 Å². The SMILES string of the molecule is CN([O-])O[N+](O)(O)c1ccccc1. The molecule has 0 bridgehead atoms. The number of para-hydroxylation sites is 1. The minimum Gasteiger partial charge on any atom is -0.758 e. The van der Waals surface area contributed by atoms with E-state index in [1.165, 1.54) is 12.1 Å². The highest BCUT2D eigenvalue weighted by atomic mass is 17.2. The summed E-state index contributed by atoms with van der Waals surface area (Å²) < 4.78 is 0. The minimum absolute atomic E-state index is 0.0326. The average Bonchev–Trinajstić information content (AvgIpc) is 2.04. The first-order valence-electron chi connectivity index (χ1n) is 3.53. The van der Waals surface area contributed by atoms with E-state index in [0.29, 0.717) is 0 Å². The lowest BCUT2D eigenvalue weighted by Crippen LogP contribution is -2.45. The highest BCUT2D eigenvalue weighted by molar-refractivity contribution is 5.36. The molecule has 72 valence electrons. The van der Waals surface area contributed by atoms with Crippen molar-refractivity contribution >= 4 is 5.69 Å². The second-order valence-electron chi connectivity index (χ2n) is 2.40. The Hall–Kier alpha value is -1.02. The fourth-order valence-electron chi connectivity index (χ4n) is 0.830. The number of hydroxylamine groups is 2. The van der Waals surface area contributed by atoms with Crippen LogP contribution < -0.4 is 4.97 Å². The van der Waals surface area contributed by atoms with E-state index >= 15 is 0 Å². The Morgan fingerprint density at radius 2 is 1.85 bits per heavy atom. The molecule has 0 saturated carbocycles. The molecular weight excluding hydrogens is 176 g/mol. The zero-order valence-corrected chi connectivity index (χ0v) is 6.99. The van der Waals surface area contributed by atoms with Crippen LogP contribution in [0.1, 0.15) is 0 Å². The first-order valence-corrected chi connectivity index (χ1v) is 3.53. The van der Waals surface area contributed by atoms with Crippen molar-refractivity contribution in [3.63, 3.8) is 0 Å². The van der Waals surface area contributed by atoms with Crippen molar-refractivity contribution in [2.75, 3.05) is 7.05 Å². The van der Waals surface area contributed by atoms with Crippen molar-refractivity contribution in [1.82, 2.24) is 10.2 Å². The van der Waals surface area contributed by atoms with Crippen molar-refractivity contribution in [2.45, 2.75) is 0 Å². The lowest BCUT2D eigenvalue weighted by molar-refractivity contribution is -0.526. The summed E-state index contributed by atoms with van der Waals surface area (Å²) >= 11 is 0. The molecule has 6 nitrogen and oxygen atoms in total. The van der Waals surface area contributed by atoms with Crippen LogP contribution in [0, 0.1) is 5.21 Å². The Bertz CT molecular complexity index is 262. The van der Waals surface area contributed by atoms with Crippen molar-refractivity contribution in [3.8, 4) is 0 Å². The highest BCUT2D eigenvalue weighted by Gasteiger charge is 2.29. The Balaban J connectivity index is 2.81. The Morgan fingerprint density at radius 3 is 2.31 bits per heavy atom. The standard InChI is InChI=1S/C7H10N2O4/c1-8(10)13-9(11,12)7-5-3-2-4-6-7/h2-6,11-12H,1H3. The van der Waals surface area contributed by atoms with Gasteiger partial charge in [0, 0.05) is 19.2 Å². The second kappa shape index (κ2) is 3.79. The summed E-state index contributed by atoms with van der Waals surface area (Å²) in [6.07, 6.45) is 0. The topological polar surface area (TPSA) is 76.0 Å². The van der Waals surface area contributed by atoms with Gasteiger partial charge in [-0.05, 0) is 4.94 Å². The van der Waals surface area contributed by atoms with Crippen molar-refractivity contribution in [3.05, 3.63) is 35.5 Å². The second-order valence-corrected chi connectivity index (χ2v) is 2.40. The Morgan fingerprint density at radius 1 is 1.31 bits per heavy atom. The lowest BCUT2D eigenvalue weighted by Gasteiger charge is -2.25. The van der Waals surface area contributed by atoms with Gasteiger partial charge in [0.15, 0.2) is 0 Å². The van der Waals surface area contributed by atoms with Crippen LogP contribution >= 0.6 is 0 Å². The van der Waals surface area contributed by atoms with Gasteiger partial charge in [0.25, 0.3) is 0 Å². The molecule has 0 saturated heterocycles. The van der Waals surface area contributed by atoms with Gasteiger partial charge in [-0.3, -0.25) is 0 Å². The summed E-state index contributed by atoms with van der Waals surface area (Å²) in [5.41, 5.74) is 0.0326. The smallest absolute Gasteiger partial charge is 0.239 e. The number of quaternary nitrogens is 1. The van der Waals surface area contributed by atoms with E-state index in [9.17, 15) is 15.6 Å². The summed E-state index contributed by atoms with van der Waals surface area (Å²) in [7, 11) is 1.00. The van der Waals surface area contributed by atoms with Gasteiger partial charge in [0.05, 0.1) is 0 Å². The van der Waals surface area contributed by atoms with Crippen LogP contribution in [0.3, 0.4) is 0 Å². The average molecular weight is 186 g/mol. The molecule has 0 aliphatic carbocycles. The fourth-order valence-corrected chi connectivity index (χ4v) is 0.830. The van der Waals surface area contributed by atoms with Gasteiger partial charge < -0.3 is 5.21 Å². The van der Waals surface area contributed by atoms with Gasteiger partial charge in [-0.2, -0.15) is 0 Å². The van der Waals surface area contributed by atoms with E-state index in [0.717, 1.165) is 7.05 Å². The van der Waals surface area contributed by atoms with Gasteiger partial charge in [-0.15, -0.1) is 10.4 Å². The minimum atomic E-state index is -1.92. The van der Waals surface area contributed by atoms with E-state index < -0.39 is 4.97 Å². The molecule has 0 spiro atoms. The molecule has 0 heterocycles. The molecule has 6 heteroatoms. The third kappa shape index (κ3) is 2.74. The van der Waals surface area contributed by atoms with Gasteiger partial charge in [0.2, 0.25) is 5.69 Å². The van der Waals surface area contributed by atoms with E-state index in [-0.39, 0.29) is 10.9 Å². The third-order valence-corrected chi connectivity index (χ3v) is 1.32. The number of hydrogen-bond donors (Lipinski definition) is 2. The van der Waals surface area contributed by atoms with Crippen LogP contribution in [0.5, 0.6) is 0 Å². The summed E-state index contributed by atoms with van der Waals surface area (Å²) in [5, 5.41) is 28.7. The predicted molar refractivity (Wildman–Crippen MR) is 44.0 cm³/mol. The predicted octanol–water partition coefficient (Wildman–Crippen LogP) is 1.05. The fraction of sp³-hybridized carbons (Fsp3) is 0.143. The third-order valence-electron chi connectivity index (χ3n) is 1.32. The number of nitrogens with zero attached hydrogens (tertiary/aromatic N) is 2. The molecule has 0 fully saturated rings. The maximum atomic E-state index is 10.4. The molecule has 13 heavy (non-hydrogen) atoms. The number of hydrogen-bond acceptors (Lipinski definition) is 5. The molecule has 0 aromatic heterocycles. The van der Waals surface area contributed by atoms with E-state index in [4.69, 9.17) is 0 Å². The Labute approximate surface area is 74.8 Å². The molecule has 0 aliphatic rings. The van der Waals surface area contributed by atoms with Crippen molar-refractivity contribution in [2.24, 2.45) is 0 Å². The van der Waals surface area contributed by atoms with Crippen LogP contribution in [0.15, 0.2) is 30.3 Å². The van der Waals surface area contributed by atoms with Crippen LogP contribution in [0.4, 0.5) is 5.69 Å². The van der Waals surface area contributed by atoms with Crippen LogP contribution in [-0.4, -0.2) is 22.7 Å². The molecule has 1 rings (SSSR count). The van der Waals surface area contributed by atoms with Gasteiger partial charge in [-0.25, -0.2) is 5.23 Å². The lowest BCUT2D eigenvalue weighted by atomic mass is 10.3. The molecular formula is C7H10N2O4. The van der Waals surface area contributed by atoms with Crippen LogP contribution in [0.25, 0.3) is 0 Å². The molecule has 1 aromatic rings. The quantitative estimate of drug-likeness (QED) is 0.545. The van der Waals surface area contributed by atoms with Gasteiger partial charge in [-0.1, -0.05) is 18.2 Å². The van der Waals surface area contributed by atoms with Crippen LogP contribution in [0.2, 0.25) is 0 Å². The Kier molecular flexibility index (Phi) is 2.94. The molecule has 0 atom stereocenters. The van der Waals surface area contributed by atoms with Crippen LogP contribution in [-0.2, 0) is 4.94 Å². The molecule has 0 amide bonds. The van der Waals surface area contributed by atoms with Gasteiger partial charge >= 0.3 is 0 Å². The highest BCUT2D eigenvalue weighted by Crippen LogP contribution is 2.17. The van der Waals surface area contributed by atoms with Crippen molar-refractivity contribution in [1.29, 1.82) is 0 Å². The molecule has 1 aromatic carbocycles. The van der Waals surface area contributed by atoms with Gasteiger partial charge in [0.1, 0.15) is 4.97 Å². The maximum absolute atomic E-state index is 10.4. The van der Waals surface area contributed by atoms with E-state index in [2.05, 4.69) is 4.94 Å². The summed E-state index contributed by atoms with van der Waals surface area (Å²) in [6.45, 7) is 0. The molecule has 2 N–H and O–H groups in total. The largest absolute Gasteiger partial charge is 0.758 e. The maximum Gasteiger partial charge on any atom is 0.239 e. The van der Waals surface area contributed by atoms with Crippen molar-refractivity contribution < 1.29 is 15.4 Å². The summed E-state index contributed by atoms with van der Waals surface area (Å²) in [4.78, 5) is 2.23. The zero-order valence-electron chi connectivity index (χ0n) is 6.99. The number of benzene rings is 1. The van der Waals surface area contributed by atoms with E-state index in [1.807, 2.05) is 0 Å². The first-order chi connectivity index (χ1) is 6.02. The molecule has 0 unspecified atom stereocenters. The normalized spacial score (nSPS) is 12.1. The molecule has 0 aliphatic heterocycles. The molecule has 0 radical (unpaired) electrons. The summed E-state index contributed by atoms with van der Waals surface area (Å²) in [6, 6.07) is 7.68. The number of rotatable bonds is 3.